The minimum Gasteiger partial charge on any atom is -0.370 e. The number of anilines is 1. The van der Waals surface area contributed by atoms with Crippen molar-refractivity contribution < 1.29 is 0 Å². The molecule has 0 aromatic carbocycles. The molecule has 3 heteroatoms. The molecule has 0 aliphatic heterocycles. The molecule has 2 N–H and O–H groups in total. The van der Waals surface area contributed by atoms with Crippen LogP contribution in [0.25, 0.3) is 0 Å². The number of aromatic nitrogens is 1. The molecular formula is C15H25N3. The minimum absolute atomic E-state index is 0.0701. The minimum atomic E-state index is 0.0701. The van der Waals surface area contributed by atoms with Crippen molar-refractivity contribution in [1.82, 2.24) is 4.98 Å². The van der Waals surface area contributed by atoms with Crippen molar-refractivity contribution >= 4 is 5.69 Å². The predicted molar refractivity (Wildman–Crippen MR) is 76.7 cm³/mol. The third-order valence-corrected chi connectivity index (χ3v) is 4.04. The zero-order valence-corrected chi connectivity index (χ0v) is 11.6. The second-order valence-corrected chi connectivity index (χ2v) is 5.29. The molecule has 3 nitrogen and oxygen atoms in total. The van der Waals surface area contributed by atoms with Crippen LogP contribution in [-0.4, -0.2) is 18.1 Å². The first-order valence-electron chi connectivity index (χ1n) is 7.21. The summed E-state index contributed by atoms with van der Waals surface area (Å²) in [5.41, 5.74) is 8.22. The standard InChI is InChI=1S/C15H25N3/c1-3-14(16)15-9-8-13(10-17-15)18(4-2)11-12-6-5-7-12/h8-10,12,14H,3-7,11,16H2,1-2H3/t14-/m0/s1. The Balaban J connectivity index is 2.01. The molecule has 1 fully saturated rings. The van der Waals surface area contributed by atoms with Crippen LogP contribution in [0.3, 0.4) is 0 Å². The molecule has 2 rings (SSSR count). The predicted octanol–water partition coefficient (Wildman–Crippen LogP) is 3.12. The topological polar surface area (TPSA) is 42.1 Å². The molecule has 1 aliphatic rings. The van der Waals surface area contributed by atoms with E-state index in [0.717, 1.165) is 24.6 Å². The first-order chi connectivity index (χ1) is 8.74. The average molecular weight is 247 g/mol. The zero-order valence-electron chi connectivity index (χ0n) is 11.6. The summed E-state index contributed by atoms with van der Waals surface area (Å²) < 4.78 is 0. The molecule has 1 heterocycles. The van der Waals surface area contributed by atoms with E-state index in [-0.39, 0.29) is 6.04 Å². The Morgan fingerprint density at radius 3 is 2.61 bits per heavy atom. The van der Waals surface area contributed by atoms with E-state index in [1.807, 2.05) is 6.20 Å². The van der Waals surface area contributed by atoms with Crippen molar-refractivity contribution in [2.75, 3.05) is 18.0 Å². The van der Waals surface area contributed by atoms with Gasteiger partial charge >= 0.3 is 0 Å². The molecule has 1 aromatic rings. The zero-order chi connectivity index (χ0) is 13.0. The summed E-state index contributed by atoms with van der Waals surface area (Å²) in [6, 6.07) is 4.31. The summed E-state index contributed by atoms with van der Waals surface area (Å²) in [5, 5.41) is 0. The summed E-state index contributed by atoms with van der Waals surface area (Å²) in [4.78, 5) is 6.93. The van der Waals surface area contributed by atoms with Gasteiger partial charge in [0.15, 0.2) is 0 Å². The Morgan fingerprint density at radius 1 is 1.39 bits per heavy atom. The van der Waals surface area contributed by atoms with Crippen LogP contribution in [0.15, 0.2) is 18.3 Å². The van der Waals surface area contributed by atoms with Crippen LogP contribution in [0.2, 0.25) is 0 Å². The monoisotopic (exact) mass is 247 g/mol. The maximum absolute atomic E-state index is 5.99. The van der Waals surface area contributed by atoms with E-state index < -0.39 is 0 Å². The van der Waals surface area contributed by atoms with Crippen molar-refractivity contribution in [3.63, 3.8) is 0 Å². The molecule has 0 unspecified atom stereocenters. The summed E-state index contributed by atoms with van der Waals surface area (Å²) in [6.07, 6.45) is 7.11. The van der Waals surface area contributed by atoms with Crippen LogP contribution in [0.5, 0.6) is 0 Å². The Morgan fingerprint density at radius 2 is 2.17 bits per heavy atom. The van der Waals surface area contributed by atoms with Gasteiger partial charge < -0.3 is 10.6 Å². The molecule has 0 spiro atoms. The van der Waals surface area contributed by atoms with Gasteiger partial charge in [0.25, 0.3) is 0 Å². The maximum Gasteiger partial charge on any atom is 0.0572 e. The largest absolute Gasteiger partial charge is 0.370 e. The van der Waals surface area contributed by atoms with Crippen LogP contribution in [-0.2, 0) is 0 Å². The highest BCUT2D eigenvalue weighted by atomic mass is 15.1. The number of hydrogen-bond donors (Lipinski definition) is 1. The van der Waals surface area contributed by atoms with Gasteiger partial charge in [-0.1, -0.05) is 13.3 Å². The van der Waals surface area contributed by atoms with Crippen molar-refractivity contribution in [3.8, 4) is 0 Å². The number of hydrogen-bond acceptors (Lipinski definition) is 3. The normalized spacial score (nSPS) is 17.3. The van der Waals surface area contributed by atoms with Crippen LogP contribution in [0.1, 0.15) is 51.3 Å². The summed E-state index contributed by atoms with van der Waals surface area (Å²) in [7, 11) is 0. The van der Waals surface area contributed by atoms with Crippen LogP contribution in [0.4, 0.5) is 5.69 Å². The van der Waals surface area contributed by atoms with Gasteiger partial charge in [-0.3, -0.25) is 4.98 Å². The van der Waals surface area contributed by atoms with E-state index in [0.29, 0.717) is 0 Å². The van der Waals surface area contributed by atoms with Crippen molar-refractivity contribution in [2.45, 2.75) is 45.6 Å². The highest BCUT2D eigenvalue weighted by molar-refractivity contribution is 5.44. The summed E-state index contributed by atoms with van der Waals surface area (Å²) >= 11 is 0. The van der Waals surface area contributed by atoms with Crippen molar-refractivity contribution in [2.24, 2.45) is 11.7 Å². The van der Waals surface area contributed by atoms with Gasteiger partial charge in [-0.25, -0.2) is 0 Å². The van der Waals surface area contributed by atoms with Gasteiger partial charge in [0.1, 0.15) is 0 Å². The van der Waals surface area contributed by atoms with E-state index in [9.17, 15) is 0 Å². The fraction of sp³-hybridized carbons (Fsp3) is 0.667. The second kappa shape index (κ2) is 6.19. The molecule has 1 aromatic heterocycles. The van der Waals surface area contributed by atoms with E-state index in [1.54, 1.807) is 0 Å². The fourth-order valence-corrected chi connectivity index (χ4v) is 2.42. The average Bonchev–Trinajstić information content (AvgIpc) is 2.37. The first kappa shape index (κ1) is 13.3. The quantitative estimate of drug-likeness (QED) is 0.840. The molecule has 0 amide bonds. The lowest BCUT2D eigenvalue weighted by molar-refractivity contribution is 0.318. The Bertz CT molecular complexity index is 357. The lowest BCUT2D eigenvalue weighted by Crippen LogP contribution is -2.32. The molecule has 0 radical (unpaired) electrons. The van der Waals surface area contributed by atoms with Crippen molar-refractivity contribution in [3.05, 3.63) is 24.0 Å². The number of nitrogens with zero attached hydrogens (tertiary/aromatic N) is 2. The highest BCUT2D eigenvalue weighted by Gasteiger charge is 2.20. The van der Waals surface area contributed by atoms with E-state index >= 15 is 0 Å². The van der Waals surface area contributed by atoms with Gasteiger partial charge in [-0.2, -0.15) is 0 Å². The van der Waals surface area contributed by atoms with Crippen LogP contribution < -0.4 is 10.6 Å². The lowest BCUT2D eigenvalue weighted by atomic mass is 9.85. The first-order valence-corrected chi connectivity index (χ1v) is 7.21. The Labute approximate surface area is 110 Å². The lowest BCUT2D eigenvalue weighted by Gasteiger charge is -2.33. The number of rotatable bonds is 6. The van der Waals surface area contributed by atoms with Crippen molar-refractivity contribution in [1.29, 1.82) is 0 Å². The number of nitrogens with two attached hydrogens (primary N) is 1. The smallest absolute Gasteiger partial charge is 0.0572 e. The van der Waals surface area contributed by atoms with Gasteiger partial charge in [0.05, 0.1) is 17.6 Å². The Hall–Kier alpha value is -1.09. The van der Waals surface area contributed by atoms with Gasteiger partial charge in [-0.15, -0.1) is 0 Å². The molecule has 1 aliphatic carbocycles. The van der Waals surface area contributed by atoms with Gasteiger partial charge in [-0.05, 0) is 44.2 Å². The summed E-state index contributed by atoms with van der Waals surface area (Å²) in [5.74, 6) is 0.891. The number of pyridine rings is 1. The summed E-state index contributed by atoms with van der Waals surface area (Å²) in [6.45, 7) is 6.54. The van der Waals surface area contributed by atoms with Gasteiger partial charge in [0.2, 0.25) is 0 Å². The molecule has 0 bridgehead atoms. The third kappa shape index (κ3) is 3.02. The highest BCUT2D eigenvalue weighted by Crippen LogP contribution is 2.28. The third-order valence-electron chi connectivity index (χ3n) is 4.04. The molecule has 18 heavy (non-hydrogen) atoms. The van der Waals surface area contributed by atoms with Crippen LogP contribution in [0, 0.1) is 5.92 Å². The van der Waals surface area contributed by atoms with E-state index in [1.165, 1.54) is 31.5 Å². The Kier molecular flexibility index (Phi) is 4.59. The molecule has 100 valence electrons. The van der Waals surface area contributed by atoms with Crippen LogP contribution >= 0.6 is 0 Å². The molecule has 1 atom stereocenters. The molecular weight excluding hydrogens is 222 g/mol. The molecule has 0 saturated heterocycles. The van der Waals surface area contributed by atoms with Gasteiger partial charge in [0, 0.05) is 19.1 Å². The molecule has 1 saturated carbocycles. The van der Waals surface area contributed by atoms with E-state index in [4.69, 9.17) is 5.73 Å². The maximum atomic E-state index is 5.99. The van der Waals surface area contributed by atoms with E-state index in [2.05, 4.69) is 35.9 Å². The fourth-order valence-electron chi connectivity index (χ4n) is 2.42. The second-order valence-electron chi connectivity index (χ2n) is 5.29. The SMILES string of the molecule is CC[C@H](N)c1ccc(N(CC)CC2CCC2)cn1.